The molecule has 2 N–H and O–H groups in total. The molecule has 0 spiro atoms. The van der Waals surface area contributed by atoms with Gasteiger partial charge in [-0.2, -0.15) is 0 Å². The second kappa shape index (κ2) is 4.31. The number of amides is 2. The molecule has 1 aliphatic rings. The summed E-state index contributed by atoms with van der Waals surface area (Å²) < 4.78 is 5.86. The Morgan fingerprint density at radius 1 is 1.05 bits per heavy atom. The van der Waals surface area contributed by atoms with Gasteiger partial charge < -0.3 is 15.4 Å². The highest BCUT2D eigenvalue weighted by atomic mass is 16.5. The zero-order valence-electron chi connectivity index (χ0n) is 10.5. The zero-order chi connectivity index (χ0) is 13.4. The SMILES string of the molecule is CN(C(N)=O)C1c2ccccc2Oc2ccccc21. The summed E-state index contributed by atoms with van der Waals surface area (Å²) >= 11 is 0. The number of carbonyl (C=O) groups excluding carboxylic acids is 1. The molecule has 3 rings (SSSR count). The lowest BCUT2D eigenvalue weighted by molar-refractivity contribution is 0.205. The van der Waals surface area contributed by atoms with Crippen LogP contribution in [0, 0.1) is 0 Å². The maximum absolute atomic E-state index is 11.5. The molecule has 1 heterocycles. The van der Waals surface area contributed by atoms with Gasteiger partial charge in [-0.15, -0.1) is 0 Å². The van der Waals surface area contributed by atoms with Crippen LogP contribution < -0.4 is 10.5 Å². The lowest BCUT2D eigenvalue weighted by Crippen LogP contribution is -2.37. The minimum absolute atomic E-state index is 0.210. The van der Waals surface area contributed by atoms with Crippen LogP contribution in [0.15, 0.2) is 48.5 Å². The van der Waals surface area contributed by atoms with Gasteiger partial charge in [0.2, 0.25) is 0 Å². The van der Waals surface area contributed by atoms with Gasteiger partial charge in [0.25, 0.3) is 0 Å². The van der Waals surface area contributed by atoms with Crippen LogP contribution in [0.2, 0.25) is 0 Å². The van der Waals surface area contributed by atoms with Gasteiger partial charge >= 0.3 is 6.03 Å². The minimum Gasteiger partial charge on any atom is -0.457 e. The highest BCUT2D eigenvalue weighted by Gasteiger charge is 2.31. The quantitative estimate of drug-likeness (QED) is 0.850. The van der Waals surface area contributed by atoms with E-state index in [1.165, 1.54) is 4.90 Å². The first-order valence-corrected chi connectivity index (χ1v) is 6.06. The number of ether oxygens (including phenoxy) is 1. The molecule has 0 fully saturated rings. The van der Waals surface area contributed by atoms with E-state index in [2.05, 4.69) is 0 Å². The second-order valence-corrected chi connectivity index (χ2v) is 4.53. The number of fused-ring (bicyclic) bond motifs is 2. The Labute approximate surface area is 111 Å². The fraction of sp³-hybridized carbons (Fsp3) is 0.133. The number of urea groups is 1. The van der Waals surface area contributed by atoms with E-state index >= 15 is 0 Å². The summed E-state index contributed by atoms with van der Waals surface area (Å²) in [5, 5.41) is 0. The maximum atomic E-state index is 11.5. The van der Waals surface area contributed by atoms with Crippen LogP contribution >= 0.6 is 0 Å². The molecule has 1 aliphatic heterocycles. The van der Waals surface area contributed by atoms with Crippen molar-refractivity contribution in [2.45, 2.75) is 6.04 Å². The Balaban J connectivity index is 2.19. The minimum atomic E-state index is -0.462. The molecule has 4 nitrogen and oxygen atoms in total. The van der Waals surface area contributed by atoms with E-state index in [0.717, 1.165) is 22.6 Å². The van der Waals surface area contributed by atoms with Gasteiger partial charge in [0.15, 0.2) is 0 Å². The fourth-order valence-electron chi connectivity index (χ4n) is 2.43. The summed E-state index contributed by atoms with van der Waals surface area (Å²) in [5.41, 5.74) is 7.32. The van der Waals surface area contributed by atoms with E-state index in [1.807, 2.05) is 48.5 Å². The van der Waals surface area contributed by atoms with Gasteiger partial charge in [0.1, 0.15) is 11.5 Å². The molecule has 0 bridgehead atoms. The zero-order valence-corrected chi connectivity index (χ0v) is 10.5. The summed E-state index contributed by atoms with van der Waals surface area (Å²) in [5.74, 6) is 1.53. The van der Waals surface area contributed by atoms with Gasteiger partial charge in [-0.05, 0) is 12.1 Å². The molecule has 19 heavy (non-hydrogen) atoms. The molecule has 2 amide bonds. The molecule has 0 atom stereocenters. The molecular weight excluding hydrogens is 240 g/mol. The van der Waals surface area contributed by atoms with Crippen LogP contribution in [-0.2, 0) is 0 Å². The Morgan fingerprint density at radius 2 is 1.53 bits per heavy atom. The van der Waals surface area contributed by atoms with Gasteiger partial charge in [0.05, 0.1) is 6.04 Å². The largest absolute Gasteiger partial charge is 0.457 e. The predicted molar refractivity (Wildman–Crippen MR) is 72.1 cm³/mol. The monoisotopic (exact) mass is 254 g/mol. The summed E-state index contributed by atoms with van der Waals surface area (Å²) in [7, 11) is 1.70. The molecule has 2 aromatic rings. The Bertz CT molecular complexity index is 594. The van der Waals surface area contributed by atoms with Gasteiger partial charge in [0, 0.05) is 18.2 Å². The number of primary amides is 1. The second-order valence-electron chi connectivity index (χ2n) is 4.53. The molecular formula is C15H14N2O2. The lowest BCUT2D eigenvalue weighted by Gasteiger charge is -2.33. The van der Waals surface area contributed by atoms with Gasteiger partial charge in [-0.25, -0.2) is 4.79 Å². The molecule has 0 radical (unpaired) electrons. The Kier molecular flexibility index (Phi) is 2.63. The number of nitrogens with two attached hydrogens (primary N) is 1. The van der Waals surface area contributed by atoms with Crippen molar-refractivity contribution in [3.05, 3.63) is 59.7 Å². The van der Waals surface area contributed by atoms with E-state index in [9.17, 15) is 4.79 Å². The van der Waals surface area contributed by atoms with Crippen LogP contribution in [0.3, 0.4) is 0 Å². The summed E-state index contributed by atoms with van der Waals surface area (Å²) in [6.45, 7) is 0. The van der Waals surface area contributed by atoms with Crippen molar-refractivity contribution in [1.29, 1.82) is 0 Å². The maximum Gasteiger partial charge on any atom is 0.315 e. The summed E-state index contributed by atoms with van der Waals surface area (Å²) in [6.07, 6.45) is 0. The fourth-order valence-corrected chi connectivity index (χ4v) is 2.43. The topological polar surface area (TPSA) is 55.6 Å². The predicted octanol–water partition coefficient (Wildman–Crippen LogP) is 2.89. The van der Waals surface area contributed by atoms with Crippen LogP contribution in [0.4, 0.5) is 4.79 Å². The van der Waals surface area contributed by atoms with Gasteiger partial charge in [-0.3, -0.25) is 0 Å². The average Bonchev–Trinajstić information content (AvgIpc) is 2.43. The van der Waals surface area contributed by atoms with Crippen LogP contribution in [0.25, 0.3) is 0 Å². The number of benzene rings is 2. The van der Waals surface area contributed by atoms with Crippen molar-refractivity contribution in [2.75, 3.05) is 7.05 Å². The smallest absolute Gasteiger partial charge is 0.315 e. The van der Waals surface area contributed by atoms with Crippen molar-refractivity contribution in [2.24, 2.45) is 5.73 Å². The van der Waals surface area contributed by atoms with Crippen LogP contribution in [-0.4, -0.2) is 18.0 Å². The van der Waals surface area contributed by atoms with Gasteiger partial charge in [-0.1, -0.05) is 36.4 Å². The van der Waals surface area contributed by atoms with Crippen molar-refractivity contribution >= 4 is 6.03 Å². The molecule has 0 unspecified atom stereocenters. The lowest BCUT2D eigenvalue weighted by atomic mass is 9.94. The molecule has 0 aromatic heterocycles. The Morgan fingerprint density at radius 3 is 2.00 bits per heavy atom. The molecule has 0 saturated carbocycles. The third kappa shape index (κ3) is 1.81. The number of para-hydroxylation sites is 2. The number of hydrogen-bond acceptors (Lipinski definition) is 2. The third-order valence-electron chi connectivity index (χ3n) is 3.38. The van der Waals surface area contributed by atoms with E-state index in [-0.39, 0.29) is 6.04 Å². The molecule has 0 saturated heterocycles. The van der Waals surface area contributed by atoms with Crippen molar-refractivity contribution in [1.82, 2.24) is 4.90 Å². The van der Waals surface area contributed by atoms with Crippen molar-refractivity contribution in [3.8, 4) is 11.5 Å². The number of carbonyl (C=O) groups is 1. The average molecular weight is 254 g/mol. The first-order valence-electron chi connectivity index (χ1n) is 6.06. The number of nitrogens with zero attached hydrogens (tertiary/aromatic N) is 1. The third-order valence-corrected chi connectivity index (χ3v) is 3.38. The van der Waals surface area contributed by atoms with E-state index in [4.69, 9.17) is 10.5 Å². The molecule has 0 aliphatic carbocycles. The molecule has 96 valence electrons. The van der Waals surface area contributed by atoms with E-state index in [0.29, 0.717) is 0 Å². The van der Waals surface area contributed by atoms with Crippen molar-refractivity contribution in [3.63, 3.8) is 0 Å². The summed E-state index contributed by atoms with van der Waals surface area (Å²) in [4.78, 5) is 13.1. The number of hydrogen-bond donors (Lipinski definition) is 1. The first kappa shape index (κ1) is 11.6. The Hall–Kier alpha value is -2.49. The van der Waals surface area contributed by atoms with E-state index < -0.39 is 6.03 Å². The van der Waals surface area contributed by atoms with Crippen LogP contribution in [0.5, 0.6) is 11.5 Å². The number of rotatable bonds is 1. The van der Waals surface area contributed by atoms with E-state index in [1.54, 1.807) is 7.05 Å². The highest BCUT2D eigenvalue weighted by Crippen LogP contribution is 2.44. The molecule has 4 heteroatoms. The van der Waals surface area contributed by atoms with Crippen LogP contribution in [0.1, 0.15) is 17.2 Å². The molecule has 2 aromatic carbocycles. The highest BCUT2D eigenvalue weighted by molar-refractivity contribution is 5.74. The summed E-state index contributed by atoms with van der Waals surface area (Å²) in [6, 6.07) is 14.7. The normalized spacial score (nSPS) is 13.1. The van der Waals surface area contributed by atoms with Crippen molar-refractivity contribution < 1.29 is 9.53 Å². The first-order chi connectivity index (χ1) is 9.18. The standard InChI is InChI=1S/C15H14N2O2/c1-17(15(16)18)14-10-6-2-4-8-12(10)19-13-9-5-3-7-11(13)14/h2-9,14H,1H3,(H2,16,18).